The second-order valence-electron chi connectivity index (χ2n) is 3.89. The first-order valence-electron chi connectivity index (χ1n) is 4.33. The van der Waals surface area contributed by atoms with Gasteiger partial charge in [-0.1, -0.05) is 26.2 Å². The third kappa shape index (κ3) is 1.51. The Morgan fingerprint density at radius 2 is 1.70 bits per heavy atom. The molecule has 10 heavy (non-hydrogen) atoms. The maximum atomic E-state index is 9.44. The summed E-state index contributed by atoms with van der Waals surface area (Å²) in [6.07, 6.45) is 6.29. The Balaban J connectivity index is 2.48. The van der Waals surface area contributed by atoms with E-state index in [2.05, 4.69) is 6.92 Å². The van der Waals surface area contributed by atoms with Crippen molar-refractivity contribution in [2.24, 2.45) is 5.41 Å². The first-order valence-corrected chi connectivity index (χ1v) is 4.33. The molecule has 0 aromatic carbocycles. The van der Waals surface area contributed by atoms with Crippen LogP contribution >= 0.6 is 0 Å². The number of hydrogen-bond donors (Lipinski definition) is 1. The minimum atomic E-state index is -0.118. The molecule has 0 unspecified atom stereocenters. The fourth-order valence-electron chi connectivity index (χ4n) is 1.78. The van der Waals surface area contributed by atoms with Gasteiger partial charge >= 0.3 is 0 Å². The number of aliphatic hydroxyl groups excluding tert-OH is 1. The fourth-order valence-corrected chi connectivity index (χ4v) is 1.78. The highest BCUT2D eigenvalue weighted by Gasteiger charge is 2.31. The third-order valence-corrected chi connectivity index (χ3v) is 3.00. The Hall–Kier alpha value is -0.0400. The Morgan fingerprint density at radius 3 is 2.00 bits per heavy atom. The summed E-state index contributed by atoms with van der Waals surface area (Å²) in [7, 11) is 0. The van der Waals surface area contributed by atoms with Gasteiger partial charge in [-0.15, -0.1) is 0 Å². The van der Waals surface area contributed by atoms with Crippen LogP contribution in [-0.4, -0.2) is 11.2 Å². The smallest absolute Gasteiger partial charge is 0.0565 e. The van der Waals surface area contributed by atoms with Gasteiger partial charge in [0.05, 0.1) is 6.10 Å². The van der Waals surface area contributed by atoms with Crippen LogP contribution in [0, 0.1) is 5.41 Å². The van der Waals surface area contributed by atoms with Crippen molar-refractivity contribution in [1.82, 2.24) is 0 Å². The third-order valence-electron chi connectivity index (χ3n) is 3.00. The van der Waals surface area contributed by atoms with Crippen LogP contribution in [0.4, 0.5) is 0 Å². The van der Waals surface area contributed by atoms with E-state index in [1.165, 1.54) is 32.1 Å². The van der Waals surface area contributed by atoms with Crippen molar-refractivity contribution in [3.8, 4) is 0 Å². The molecule has 0 bridgehead atoms. The minimum Gasteiger partial charge on any atom is -0.393 e. The highest BCUT2D eigenvalue weighted by atomic mass is 16.3. The quantitative estimate of drug-likeness (QED) is 0.595. The maximum absolute atomic E-state index is 9.44. The predicted octanol–water partition coefficient (Wildman–Crippen LogP) is 2.34. The molecule has 1 N–H and O–H groups in total. The molecule has 1 saturated carbocycles. The van der Waals surface area contributed by atoms with Gasteiger partial charge in [0.1, 0.15) is 0 Å². The fraction of sp³-hybridized carbons (Fsp3) is 1.00. The van der Waals surface area contributed by atoms with E-state index < -0.39 is 0 Å². The minimum absolute atomic E-state index is 0.118. The summed E-state index contributed by atoms with van der Waals surface area (Å²) in [5.41, 5.74) is 0.234. The van der Waals surface area contributed by atoms with E-state index >= 15 is 0 Å². The number of aliphatic hydroxyl groups is 1. The molecule has 0 saturated heterocycles. The lowest BCUT2D eigenvalue weighted by atomic mass is 9.72. The van der Waals surface area contributed by atoms with E-state index in [1.807, 2.05) is 6.92 Å². The second kappa shape index (κ2) is 2.91. The van der Waals surface area contributed by atoms with Gasteiger partial charge in [0.25, 0.3) is 0 Å². The zero-order valence-corrected chi connectivity index (χ0v) is 7.06. The molecule has 0 heterocycles. The van der Waals surface area contributed by atoms with Crippen LogP contribution in [0.1, 0.15) is 46.0 Å². The summed E-state index contributed by atoms with van der Waals surface area (Å²) < 4.78 is 0. The van der Waals surface area contributed by atoms with Gasteiger partial charge in [-0.05, 0) is 25.2 Å². The van der Waals surface area contributed by atoms with Crippen LogP contribution in [0.15, 0.2) is 0 Å². The van der Waals surface area contributed by atoms with Crippen LogP contribution in [0.25, 0.3) is 0 Å². The van der Waals surface area contributed by atoms with Crippen molar-refractivity contribution in [2.45, 2.75) is 52.1 Å². The standard InChI is InChI=1S/C9H18O/c1-8(10)9(2)6-4-3-5-7-9/h8,10H,3-7H2,1-2H3/t8-/m1/s1. The van der Waals surface area contributed by atoms with E-state index in [0.717, 1.165) is 0 Å². The van der Waals surface area contributed by atoms with Gasteiger partial charge in [-0.3, -0.25) is 0 Å². The highest BCUT2D eigenvalue weighted by Crippen LogP contribution is 2.38. The molecule has 1 heteroatoms. The molecule has 60 valence electrons. The molecule has 1 nitrogen and oxygen atoms in total. The van der Waals surface area contributed by atoms with Crippen molar-refractivity contribution < 1.29 is 5.11 Å². The lowest BCUT2D eigenvalue weighted by molar-refractivity contribution is 0.0235. The molecule has 0 radical (unpaired) electrons. The monoisotopic (exact) mass is 142 g/mol. The molecule has 0 aromatic rings. The predicted molar refractivity (Wildman–Crippen MR) is 42.9 cm³/mol. The number of rotatable bonds is 1. The van der Waals surface area contributed by atoms with Crippen LogP contribution in [-0.2, 0) is 0 Å². The second-order valence-corrected chi connectivity index (χ2v) is 3.89. The maximum Gasteiger partial charge on any atom is 0.0565 e. The molecule has 1 aliphatic rings. The van der Waals surface area contributed by atoms with E-state index in [-0.39, 0.29) is 11.5 Å². The Labute approximate surface area is 63.4 Å². The first kappa shape index (κ1) is 8.06. The first-order chi connectivity index (χ1) is 4.65. The summed E-state index contributed by atoms with van der Waals surface area (Å²) in [6.45, 7) is 4.13. The average Bonchev–Trinajstić information content (AvgIpc) is 1.89. The van der Waals surface area contributed by atoms with E-state index in [9.17, 15) is 5.11 Å². The molecular formula is C9H18O. The molecule has 0 aromatic heterocycles. The van der Waals surface area contributed by atoms with Crippen molar-refractivity contribution in [3.05, 3.63) is 0 Å². The van der Waals surface area contributed by atoms with Crippen molar-refractivity contribution in [1.29, 1.82) is 0 Å². The number of hydrogen-bond acceptors (Lipinski definition) is 1. The summed E-state index contributed by atoms with van der Waals surface area (Å²) in [4.78, 5) is 0. The SMILES string of the molecule is C[C@@H](O)C1(C)CCCCC1. The van der Waals surface area contributed by atoms with Gasteiger partial charge < -0.3 is 5.11 Å². The summed E-state index contributed by atoms with van der Waals surface area (Å²) >= 11 is 0. The topological polar surface area (TPSA) is 20.2 Å². The Kier molecular flexibility index (Phi) is 2.35. The molecule has 1 aliphatic carbocycles. The molecule has 0 aliphatic heterocycles. The molecule has 1 fully saturated rings. The Bertz CT molecular complexity index is 101. The lowest BCUT2D eigenvalue weighted by Gasteiger charge is -2.36. The van der Waals surface area contributed by atoms with Gasteiger partial charge in [-0.25, -0.2) is 0 Å². The summed E-state index contributed by atoms with van der Waals surface area (Å²) in [5.74, 6) is 0. The normalized spacial score (nSPS) is 27.9. The lowest BCUT2D eigenvalue weighted by Crippen LogP contribution is -2.31. The van der Waals surface area contributed by atoms with Crippen LogP contribution < -0.4 is 0 Å². The molecule has 0 amide bonds. The zero-order valence-electron chi connectivity index (χ0n) is 7.06. The van der Waals surface area contributed by atoms with E-state index in [0.29, 0.717) is 0 Å². The van der Waals surface area contributed by atoms with E-state index in [4.69, 9.17) is 0 Å². The van der Waals surface area contributed by atoms with Crippen LogP contribution in [0.3, 0.4) is 0 Å². The van der Waals surface area contributed by atoms with Crippen LogP contribution in [0.2, 0.25) is 0 Å². The largest absolute Gasteiger partial charge is 0.393 e. The highest BCUT2D eigenvalue weighted by molar-refractivity contribution is 4.82. The zero-order chi connectivity index (χ0) is 7.61. The van der Waals surface area contributed by atoms with Crippen LogP contribution in [0.5, 0.6) is 0 Å². The van der Waals surface area contributed by atoms with Gasteiger partial charge in [-0.2, -0.15) is 0 Å². The Morgan fingerprint density at radius 1 is 1.20 bits per heavy atom. The molecular weight excluding hydrogens is 124 g/mol. The van der Waals surface area contributed by atoms with Gasteiger partial charge in [0.15, 0.2) is 0 Å². The van der Waals surface area contributed by atoms with Gasteiger partial charge in [0, 0.05) is 0 Å². The van der Waals surface area contributed by atoms with Crippen molar-refractivity contribution >= 4 is 0 Å². The van der Waals surface area contributed by atoms with E-state index in [1.54, 1.807) is 0 Å². The molecule has 1 atom stereocenters. The van der Waals surface area contributed by atoms with Gasteiger partial charge in [0.2, 0.25) is 0 Å². The van der Waals surface area contributed by atoms with Crippen molar-refractivity contribution in [2.75, 3.05) is 0 Å². The average molecular weight is 142 g/mol. The summed E-state index contributed by atoms with van der Waals surface area (Å²) in [5, 5.41) is 9.44. The molecule has 0 spiro atoms. The summed E-state index contributed by atoms with van der Waals surface area (Å²) in [6, 6.07) is 0. The van der Waals surface area contributed by atoms with Crippen molar-refractivity contribution in [3.63, 3.8) is 0 Å². The molecule has 1 rings (SSSR count).